The molecule has 4 rings (SSSR count). The molecule has 2 heterocycles. The third-order valence-corrected chi connectivity index (χ3v) is 5.62. The SMILES string of the molecule is Cc1cccc(COc2cccc(CC(=O)N3CCC4CCC(C3)N4)c2)c1.Cl. The van der Waals surface area contributed by atoms with Crippen molar-refractivity contribution < 1.29 is 9.53 Å². The van der Waals surface area contributed by atoms with E-state index in [1.165, 1.54) is 18.4 Å². The summed E-state index contributed by atoms with van der Waals surface area (Å²) < 4.78 is 5.94. The van der Waals surface area contributed by atoms with Gasteiger partial charge in [0.05, 0.1) is 6.42 Å². The second-order valence-electron chi connectivity index (χ2n) is 7.87. The molecule has 0 radical (unpaired) electrons. The van der Waals surface area contributed by atoms with E-state index >= 15 is 0 Å². The predicted octanol–water partition coefficient (Wildman–Crippen LogP) is 3.89. The highest BCUT2D eigenvalue weighted by atomic mass is 35.5. The Morgan fingerprint density at radius 2 is 1.86 bits per heavy atom. The van der Waals surface area contributed by atoms with Gasteiger partial charge in [0, 0.05) is 25.2 Å². The van der Waals surface area contributed by atoms with Crippen molar-refractivity contribution in [2.45, 2.75) is 51.3 Å². The van der Waals surface area contributed by atoms with Crippen LogP contribution < -0.4 is 10.1 Å². The van der Waals surface area contributed by atoms with Crippen LogP contribution in [0, 0.1) is 6.92 Å². The Hall–Kier alpha value is -2.04. The number of hydrogen-bond acceptors (Lipinski definition) is 3. The molecule has 2 aromatic carbocycles. The Morgan fingerprint density at radius 1 is 1.07 bits per heavy atom. The van der Waals surface area contributed by atoms with Crippen LogP contribution in [-0.2, 0) is 17.8 Å². The van der Waals surface area contributed by atoms with Gasteiger partial charge in [0.25, 0.3) is 0 Å². The Labute approximate surface area is 173 Å². The summed E-state index contributed by atoms with van der Waals surface area (Å²) in [5.74, 6) is 1.04. The fourth-order valence-corrected chi connectivity index (χ4v) is 4.17. The lowest BCUT2D eigenvalue weighted by atomic mass is 10.1. The molecule has 2 bridgehead atoms. The molecule has 4 nitrogen and oxygen atoms in total. The first-order valence-electron chi connectivity index (χ1n) is 9.97. The molecule has 0 aromatic heterocycles. The Balaban J connectivity index is 0.00000225. The maximum Gasteiger partial charge on any atom is 0.227 e. The second kappa shape index (κ2) is 9.44. The van der Waals surface area contributed by atoms with Crippen molar-refractivity contribution in [3.05, 3.63) is 65.2 Å². The van der Waals surface area contributed by atoms with Gasteiger partial charge >= 0.3 is 0 Å². The van der Waals surface area contributed by atoms with Gasteiger partial charge in [-0.2, -0.15) is 0 Å². The quantitative estimate of drug-likeness (QED) is 0.827. The molecule has 1 amide bonds. The number of amides is 1. The van der Waals surface area contributed by atoms with E-state index < -0.39 is 0 Å². The van der Waals surface area contributed by atoms with Gasteiger partial charge in [0.1, 0.15) is 12.4 Å². The lowest BCUT2D eigenvalue weighted by Crippen LogP contribution is -2.39. The fraction of sp³-hybridized carbons (Fsp3) is 0.435. The number of nitrogens with one attached hydrogen (secondary N) is 1. The average Bonchev–Trinajstić information content (AvgIpc) is 2.99. The highest BCUT2D eigenvalue weighted by Crippen LogP contribution is 2.22. The number of likely N-dealkylation sites (tertiary alicyclic amines) is 1. The van der Waals surface area contributed by atoms with Crippen LogP contribution in [0.25, 0.3) is 0 Å². The van der Waals surface area contributed by atoms with Crippen molar-refractivity contribution in [1.82, 2.24) is 10.2 Å². The van der Waals surface area contributed by atoms with E-state index in [0.29, 0.717) is 25.1 Å². The van der Waals surface area contributed by atoms with Gasteiger partial charge in [0.2, 0.25) is 5.91 Å². The zero-order valence-corrected chi connectivity index (χ0v) is 17.2. The standard InChI is InChI=1S/C23H28N2O2.ClH/c1-17-4-2-6-19(12-17)16-27-22-7-3-5-18(13-22)14-23(26)25-11-10-20-8-9-21(15-25)24-20;/h2-7,12-13,20-21,24H,8-11,14-16H2,1H3;1H. The van der Waals surface area contributed by atoms with Gasteiger partial charge in [-0.25, -0.2) is 0 Å². The van der Waals surface area contributed by atoms with Gasteiger partial charge in [-0.15, -0.1) is 12.4 Å². The van der Waals surface area contributed by atoms with E-state index in [4.69, 9.17) is 4.74 Å². The number of rotatable bonds is 5. The number of carbonyl (C=O) groups is 1. The van der Waals surface area contributed by atoms with Gasteiger partial charge in [-0.3, -0.25) is 4.79 Å². The van der Waals surface area contributed by atoms with Crippen molar-refractivity contribution in [1.29, 1.82) is 0 Å². The van der Waals surface area contributed by atoms with E-state index in [1.807, 2.05) is 35.2 Å². The molecule has 0 spiro atoms. The molecule has 2 unspecified atom stereocenters. The van der Waals surface area contributed by atoms with Crippen LogP contribution in [0.3, 0.4) is 0 Å². The van der Waals surface area contributed by atoms with Crippen molar-refractivity contribution in [2.75, 3.05) is 13.1 Å². The molecule has 150 valence electrons. The minimum atomic E-state index is 0. The molecule has 2 saturated heterocycles. The molecule has 0 aliphatic carbocycles. The van der Waals surface area contributed by atoms with E-state index in [2.05, 4.69) is 30.4 Å². The second-order valence-corrected chi connectivity index (χ2v) is 7.87. The smallest absolute Gasteiger partial charge is 0.227 e. The summed E-state index contributed by atoms with van der Waals surface area (Å²) in [7, 11) is 0. The van der Waals surface area contributed by atoms with Crippen LogP contribution in [0.5, 0.6) is 5.75 Å². The van der Waals surface area contributed by atoms with Gasteiger partial charge < -0.3 is 15.0 Å². The average molecular weight is 401 g/mol. The summed E-state index contributed by atoms with van der Waals surface area (Å²) in [6.07, 6.45) is 3.96. The molecule has 2 aliphatic heterocycles. The molecule has 2 atom stereocenters. The molecule has 0 saturated carbocycles. The zero-order chi connectivity index (χ0) is 18.6. The largest absolute Gasteiger partial charge is 0.489 e. The van der Waals surface area contributed by atoms with E-state index in [0.717, 1.165) is 36.4 Å². The minimum Gasteiger partial charge on any atom is -0.489 e. The van der Waals surface area contributed by atoms with Crippen LogP contribution in [-0.4, -0.2) is 36.0 Å². The molecule has 2 aromatic rings. The van der Waals surface area contributed by atoms with Gasteiger partial charge in [-0.1, -0.05) is 42.0 Å². The molecule has 5 heteroatoms. The molecular weight excluding hydrogens is 372 g/mol. The summed E-state index contributed by atoms with van der Waals surface area (Å²) in [6, 6.07) is 17.4. The first-order valence-corrected chi connectivity index (χ1v) is 9.97. The number of benzene rings is 2. The lowest BCUT2D eigenvalue weighted by molar-refractivity contribution is -0.130. The first-order chi connectivity index (χ1) is 13.2. The number of ether oxygens (including phenoxy) is 1. The molecular formula is C23H29ClN2O2. The Bertz CT molecular complexity index is 811. The highest BCUT2D eigenvalue weighted by Gasteiger charge is 2.30. The van der Waals surface area contributed by atoms with Crippen LogP contribution >= 0.6 is 12.4 Å². The number of carbonyl (C=O) groups excluding carboxylic acids is 1. The van der Waals surface area contributed by atoms with Crippen molar-refractivity contribution in [3.8, 4) is 5.75 Å². The molecule has 2 fully saturated rings. The number of aryl methyl sites for hydroxylation is 1. The number of hydrogen-bond donors (Lipinski definition) is 1. The third-order valence-electron chi connectivity index (χ3n) is 5.62. The number of nitrogens with zero attached hydrogens (tertiary/aromatic N) is 1. The van der Waals surface area contributed by atoms with E-state index in [9.17, 15) is 4.79 Å². The summed E-state index contributed by atoms with van der Waals surface area (Å²) in [4.78, 5) is 14.8. The van der Waals surface area contributed by atoms with E-state index in [1.54, 1.807) is 0 Å². The summed E-state index contributed by atoms with van der Waals surface area (Å²) in [5, 5.41) is 3.63. The molecule has 28 heavy (non-hydrogen) atoms. The maximum absolute atomic E-state index is 12.8. The van der Waals surface area contributed by atoms with Crippen LogP contribution in [0.1, 0.15) is 36.0 Å². The van der Waals surface area contributed by atoms with Crippen LogP contribution in [0.2, 0.25) is 0 Å². The fourth-order valence-electron chi connectivity index (χ4n) is 4.17. The molecule has 1 N–H and O–H groups in total. The third kappa shape index (κ3) is 5.27. The van der Waals surface area contributed by atoms with Crippen molar-refractivity contribution in [3.63, 3.8) is 0 Å². The molecule has 2 aliphatic rings. The normalized spacial score (nSPS) is 21.0. The Morgan fingerprint density at radius 3 is 2.71 bits per heavy atom. The maximum atomic E-state index is 12.8. The summed E-state index contributed by atoms with van der Waals surface area (Å²) >= 11 is 0. The van der Waals surface area contributed by atoms with E-state index in [-0.39, 0.29) is 18.3 Å². The Kier molecular flexibility index (Phi) is 6.97. The summed E-state index contributed by atoms with van der Waals surface area (Å²) in [6.45, 7) is 4.34. The van der Waals surface area contributed by atoms with Gasteiger partial charge in [-0.05, 0) is 49.4 Å². The number of fused-ring (bicyclic) bond motifs is 2. The summed E-state index contributed by atoms with van der Waals surface area (Å²) in [5.41, 5.74) is 3.41. The monoisotopic (exact) mass is 400 g/mol. The van der Waals surface area contributed by atoms with Crippen LogP contribution in [0.15, 0.2) is 48.5 Å². The number of halogens is 1. The minimum absolute atomic E-state index is 0. The highest BCUT2D eigenvalue weighted by molar-refractivity contribution is 5.85. The predicted molar refractivity (Wildman–Crippen MR) is 114 cm³/mol. The first kappa shape index (κ1) is 20.7. The lowest BCUT2D eigenvalue weighted by Gasteiger charge is -2.24. The van der Waals surface area contributed by atoms with Crippen LogP contribution in [0.4, 0.5) is 0 Å². The van der Waals surface area contributed by atoms with Crippen molar-refractivity contribution in [2.24, 2.45) is 0 Å². The van der Waals surface area contributed by atoms with Crippen molar-refractivity contribution >= 4 is 18.3 Å². The zero-order valence-electron chi connectivity index (χ0n) is 16.4. The topological polar surface area (TPSA) is 41.6 Å². The van der Waals surface area contributed by atoms with Gasteiger partial charge in [0.15, 0.2) is 0 Å².